The molecule has 0 spiro atoms. The Morgan fingerprint density at radius 2 is 2.38 bits per heavy atom. The average Bonchev–Trinajstić information content (AvgIpc) is 2.08. The van der Waals surface area contributed by atoms with Gasteiger partial charge in [0.2, 0.25) is 5.91 Å². The number of primary amides is 1. The van der Waals surface area contributed by atoms with E-state index >= 15 is 0 Å². The van der Waals surface area contributed by atoms with Crippen LogP contribution in [0.5, 0.6) is 0 Å². The van der Waals surface area contributed by atoms with Gasteiger partial charge in [-0.15, -0.1) is 0 Å². The Morgan fingerprint density at radius 3 is 3.00 bits per heavy atom. The van der Waals surface area contributed by atoms with Crippen LogP contribution in [-0.2, 0) is 4.79 Å². The van der Waals surface area contributed by atoms with Crippen LogP contribution in [0, 0.1) is 0 Å². The summed E-state index contributed by atoms with van der Waals surface area (Å²) in [6.45, 7) is 0.477. The number of pyridine rings is 1. The zero-order valence-electron chi connectivity index (χ0n) is 7.16. The molecule has 0 saturated carbocycles. The van der Waals surface area contributed by atoms with Crippen molar-refractivity contribution in [2.45, 2.75) is 6.42 Å². The average molecular weight is 180 g/mol. The maximum atomic E-state index is 10.4. The van der Waals surface area contributed by atoms with Crippen LogP contribution in [-0.4, -0.2) is 17.4 Å². The highest BCUT2D eigenvalue weighted by molar-refractivity contribution is 5.74. The zero-order valence-corrected chi connectivity index (χ0v) is 7.16. The van der Waals surface area contributed by atoms with Crippen molar-refractivity contribution in [3.05, 3.63) is 18.3 Å². The number of hydrogen-bond acceptors (Lipinski definition) is 4. The van der Waals surface area contributed by atoms with E-state index in [2.05, 4.69) is 10.3 Å². The second-order valence-electron chi connectivity index (χ2n) is 2.58. The summed E-state index contributed by atoms with van der Waals surface area (Å²) in [6.07, 6.45) is 1.89. The molecule has 0 bridgehead atoms. The first-order valence-electron chi connectivity index (χ1n) is 3.93. The Kier molecular flexibility index (Phi) is 3.08. The number of rotatable bonds is 4. The number of anilines is 2. The highest BCUT2D eigenvalue weighted by Gasteiger charge is 1.98. The van der Waals surface area contributed by atoms with E-state index in [0.717, 1.165) is 5.69 Å². The molecule has 0 fully saturated rings. The number of nitrogens with two attached hydrogens (primary N) is 2. The predicted octanol–water partition coefficient (Wildman–Crippen LogP) is -0.0489. The van der Waals surface area contributed by atoms with Crippen LogP contribution in [0.3, 0.4) is 0 Å². The summed E-state index contributed by atoms with van der Waals surface area (Å²) >= 11 is 0. The third-order valence-corrected chi connectivity index (χ3v) is 1.53. The minimum absolute atomic E-state index is 0.286. The van der Waals surface area contributed by atoms with Gasteiger partial charge in [-0.05, 0) is 12.1 Å². The second kappa shape index (κ2) is 4.30. The van der Waals surface area contributed by atoms with E-state index in [-0.39, 0.29) is 12.3 Å². The molecule has 1 rings (SSSR count). The molecule has 0 radical (unpaired) electrons. The maximum Gasteiger partial charge on any atom is 0.219 e. The fraction of sp³-hybridized carbons (Fsp3) is 0.250. The topological polar surface area (TPSA) is 94.0 Å². The molecule has 0 aliphatic rings. The van der Waals surface area contributed by atoms with Crippen molar-refractivity contribution in [2.75, 3.05) is 17.6 Å². The van der Waals surface area contributed by atoms with Gasteiger partial charge in [0.15, 0.2) is 0 Å². The Hall–Kier alpha value is -1.78. The van der Waals surface area contributed by atoms with Crippen LogP contribution in [0.25, 0.3) is 0 Å². The normalized spacial score (nSPS) is 9.54. The minimum Gasteiger partial charge on any atom is -0.382 e. The third-order valence-electron chi connectivity index (χ3n) is 1.53. The van der Waals surface area contributed by atoms with Gasteiger partial charge in [0.05, 0.1) is 5.69 Å². The molecular weight excluding hydrogens is 168 g/mol. The second-order valence-corrected chi connectivity index (χ2v) is 2.58. The van der Waals surface area contributed by atoms with Gasteiger partial charge in [0.1, 0.15) is 5.82 Å². The fourth-order valence-electron chi connectivity index (χ4n) is 0.887. The number of nitrogens with zero attached hydrogens (tertiary/aromatic N) is 1. The van der Waals surface area contributed by atoms with Gasteiger partial charge >= 0.3 is 0 Å². The molecule has 1 amide bonds. The van der Waals surface area contributed by atoms with E-state index in [1.54, 1.807) is 18.3 Å². The molecule has 0 atom stereocenters. The summed E-state index contributed by atoms with van der Waals surface area (Å²) in [5, 5.41) is 2.96. The molecule has 5 nitrogen and oxygen atoms in total. The quantitative estimate of drug-likeness (QED) is 0.605. The molecule has 1 aromatic rings. The van der Waals surface area contributed by atoms with Crippen LogP contribution < -0.4 is 16.8 Å². The van der Waals surface area contributed by atoms with Gasteiger partial charge in [-0.25, -0.2) is 4.98 Å². The van der Waals surface area contributed by atoms with Gasteiger partial charge in [-0.2, -0.15) is 0 Å². The lowest BCUT2D eigenvalue weighted by Gasteiger charge is -2.05. The van der Waals surface area contributed by atoms with E-state index in [4.69, 9.17) is 11.5 Å². The zero-order chi connectivity index (χ0) is 9.68. The monoisotopic (exact) mass is 180 g/mol. The van der Waals surface area contributed by atoms with Crippen molar-refractivity contribution >= 4 is 17.4 Å². The van der Waals surface area contributed by atoms with E-state index in [0.29, 0.717) is 12.4 Å². The van der Waals surface area contributed by atoms with E-state index in [9.17, 15) is 4.79 Å². The van der Waals surface area contributed by atoms with E-state index in [1.165, 1.54) is 0 Å². The largest absolute Gasteiger partial charge is 0.382 e. The number of aromatic nitrogens is 1. The molecule has 0 unspecified atom stereocenters. The lowest BCUT2D eigenvalue weighted by molar-refractivity contribution is -0.117. The van der Waals surface area contributed by atoms with Crippen LogP contribution >= 0.6 is 0 Å². The highest BCUT2D eigenvalue weighted by atomic mass is 16.1. The maximum absolute atomic E-state index is 10.4. The first-order valence-corrected chi connectivity index (χ1v) is 3.93. The summed E-state index contributed by atoms with van der Waals surface area (Å²) in [5.41, 5.74) is 11.2. The van der Waals surface area contributed by atoms with Crippen molar-refractivity contribution < 1.29 is 4.79 Å². The molecule has 0 aliphatic carbocycles. The molecule has 1 aromatic heterocycles. The van der Waals surface area contributed by atoms with Crippen LogP contribution in [0.4, 0.5) is 11.5 Å². The van der Waals surface area contributed by atoms with Gasteiger partial charge in [0, 0.05) is 19.2 Å². The molecule has 13 heavy (non-hydrogen) atoms. The standard InChI is InChI=1S/C8H12N4O/c9-7(13)3-5-11-6-2-1-4-12-8(6)10/h1-2,4,11H,3,5H2,(H2,9,13)(H2,10,12). The minimum atomic E-state index is -0.338. The molecule has 0 aliphatic heterocycles. The Bertz CT molecular complexity index is 300. The highest BCUT2D eigenvalue weighted by Crippen LogP contribution is 2.12. The van der Waals surface area contributed by atoms with Crippen molar-refractivity contribution in [3.63, 3.8) is 0 Å². The van der Waals surface area contributed by atoms with Crippen molar-refractivity contribution in [1.29, 1.82) is 0 Å². The lowest BCUT2D eigenvalue weighted by atomic mass is 10.3. The molecule has 5 heteroatoms. The lowest BCUT2D eigenvalue weighted by Crippen LogP contribution is -2.16. The van der Waals surface area contributed by atoms with Gasteiger partial charge < -0.3 is 16.8 Å². The molecule has 0 saturated heterocycles. The van der Waals surface area contributed by atoms with Crippen molar-refractivity contribution in [3.8, 4) is 0 Å². The summed E-state index contributed by atoms with van der Waals surface area (Å²) in [7, 11) is 0. The molecule has 0 aromatic carbocycles. The summed E-state index contributed by atoms with van der Waals surface area (Å²) in [6, 6.07) is 3.56. The van der Waals surface area contributed by atoms with Crippen LogP contribution in [0.1, 0.15) is 6.42 Å². The van der Waals surface area contributed by atoms with E-state index in [1.807, 2.05) is 0 Å². The molecule has 70 valence electrons. The Morgan fingerprint density at radius 1 is 1.62 bits per heavy atom. The van der Waals surface area contributed by atoms with Crippen molar-refractivity contribution in [2.24, 2.45) is 5.73 Å². The Labute approximate surface area is 76.1 Å². The molecule has 5 N–H and O–H groups in total. The van der Waals surface area contributed by atoms with Crippen LogP contribution in [0.2, 0.25) is 0 Å². The number of carbonyl (C=O) groups is 1. The number of amides is 1. The van der Waals surface area contributed by atoms with Gasteiger partial charge in [-0.3, -0.25) is 4.79 Å². The summed E-state index contributed by atoms with van der Waals surface area (Å²) < 4.78 is 0. The Balaban J connectivity index is 2.45. The first kappa shape index (κ1) is 9.31. The predicted molar refractivity (Wildman–Crippen MR) is 51.0 cm³/mol. The van der Waals surface area contributed by atoms with Crippen molar-refractivity contribution in [1.82, 2.24) is 4.98 Å². The van der Waals surface area contributed by atoms with Crippen LogP contribution in [0.15, 0.2) is 18.3 Å². The molecular formula is C8H12N4O. The van der Waals surface area contributed by atoms with Gasteiger partial charge in [0.25, 0.3) is 0 Å². The summed E-state index contributed by atoms with van der Waals surface area (Å²) in [4.78, 5) is 14.3. The van der Waals surface area contributed by atoms with Gasteiger partial charge in [-0.1, -0.05) is 0 Å². The number of hydrogen-bond donors (Lipinski definition) is 3. The van der Waals surface area contributed by atoms with E-state index < -0.39 is 0 Å². The number of nitrogen functional groups attached to an aromatic ring is 1. The summed E-state index contributed by atoms with van der Waals surface area (Å²) in [5.74, 6) is 0.0851. The molecule has 1 heterocycles. The smallest absolute Gasteiger partial charge is 0.219 e. The first-order chi connectivity index (χ1) is 6.20. The third kappa shape index (κ3) is 2.98. The SMILES string of the molecule is NC(=O)CCNc1cccnc1N. The number of nitrogens with one attached hydrogen (secondary N) is 1. The fourth-order valence-corrected chi connectivity index (χ4v) is 0.887. The number of carbonyl (C=O) groups excluding carboxylic acids is 1.